The highest BCUT2D eigenvalue weighted by Gasteiger charge is 2.42. The van der Waals surface area contributed by atoms with Crippen molar-refractivity contribution in [2.24, 2.45) is 0 Å². The number of morpholine rings is 1. The summed E-state index contributed by atoms with van der Waals surface area (Å²) in [6.45, 7) is 5.92. The number of amides is 2. The van der Waals surface area contributed by atoms with Crippen LogP contribution in [0.15, 0.2) is 18.7 Å². The van der Waals surface area contributed by atoms with E-state index in [0.717, 1.165) is 26.0 Å². The van der Waals surface area contributed by atoms with E-state index >= 15 is 0 Å². The quantitative estimate of drug-likeness (QED) is 0.899. The van der Waals surface area contributed by atoms with Gasteiger partial charge in [0.2, 0.25) is 0 Å². The van der Waals surface area contributed by atoms with Crippen molar-refractivity contribution in [1.29, 1.82) is 0 Å². The maximum absolute atomic E-state index is 12.4. The summed E-state index contributed by atoms with van der Waals surface area (Å²) in [5, 5.41) is 2.98. The van der Waals surface area contributed by atoms with Gasteiger partial charge in [0.15, 0.2) is 0 Å². The Labute approximate surface area is 130 Å². The predicted octanol–water partition coefficient (Wildman–Crippen LogP) is 0.863. The van der Waals surface area contributed by atoms with Crippen LogP contribution >= 0.6 is 0 Å². The van der Waals surface area contributed by atoms with Gasteiger partial charge in [0, 0.05) is 38.6 Å². The van der Waals surface area contributed by atoms with Gasteiger partial charge in [-0.25, -0.2) is 9.78 Å². The van der Waals surface area contributed by atoms with E-state index in [1.165, 1.54) is 0 Å². The largest absolute Gasteiger partial charge is 0.378 e. The predicted molar refractivity (Wildman–Crippen MR) is 80.5 cm³/mol. The third-order valence-corrected chi connectivity index (χ3v) is 4.19. The average molecular weight is 308 g/mol. The molecule has 7 nitrogen and oxygen atoms in total. The molecule has 22 heavy (non-hydrogen) atoms. The van der Waals surface area contributed by atoms with Crippen LogP contribution in [0.3, 0.4) is 0 Å². The van der Waals surface area contributed by atoms with Gasteiger partial charge in [0.05, 0.1) is 25.6 Å². The lowest BCUT2D eigenvalue weighted by Gasteiger charge is -2.47. The number of urea groups is 1. The molecule has 2 amide bonds. The Bertz CT molecular complexity index is 485. The number of hydrogen-bond donors (Lipinski definition) is 1. The van der Waals surface area contributed by atoms with Crippen LogP contribution in [-0.2, 0) is 16.0 Å². The third-order valence-electron chi connectivity index (χ3n) is 4.19. The van der Waals surface area contributed by atoms with Gasteiger partial charge < -0.3 is 24.3 Å². The summed E-state index contributed by atoms with van der Waals surface area (Å²) in [5.41, 5.74) is -0.322. The first-order valence-electron chi connectivity index (χ1n) is 7.91. The number of nitrogens with one attached hydrogen (secondary N) is 1. The maximum Gasteiger partial charge on any atom is 0.317 e. The molecule has 2 aliphatic rings. The van der Waals surface area contributed by atoms with Crippen molar-refractivity contribution in [3.05, 3.63) is 18.7 Å². The van der Waals surface area contributed by atoms with Crippen molar-refractivity contribution in [2.45, 2.75) is 38.0 Å². The summed E-state index contributed by atoms with van der Waals surface area (Å²) in [6, 6.07) is -0.0276. The Morgan fingerprint density at radius 2 is 2.45 bits per heavy atom. The lowest BCUT2D eigenvalue weighted by atomic mass is 9.93. The number of aromatic nitrogens is 2. The third kappa shape index (κ3) is 3.59. The highest BCUT2D eigenvalue weighted by atomic mass is 16.6. The van der Waals surface area contributed by atoms with Crippen molar-refractivity contribution in [3.63, 3.8) is 0 Å². The molecule has 2 unspecified atom stereocenters. The van der Waals surface area contributed by atoms with Crippen LogP contribution in [0.4, 0.5) is 4.79 Å². The molecule has 122 valence electrons. The van der Waals surface area contributed by atoms with Gasteiger partial charge in [-0.05, 0) is 19.8 Å². The smallest absolute Gasteiger partial charge is 0.317 e. The fraction of sp³-hybridized carbons (Fsp3) is 0.733. The summed E-state index contributed by atoms with van der Waals surface area (Å²) in [5.74, 6) is 0. The molecule has 3 rings (SSSR count). The number of imidazole rings is 1. The van der Waals surface area contributed by atoms with Gasteiger partial charge in [-0.2, -0.15) is 0 Å². The lowest BCUT2D eigenvalue weighted by Crippen LogP contribution is -2.61. The standard InChI is InChI=1S/C15H24N4O3/c1-13-9-19(10-15(22-13)3-2-8-21-11-15)14(20)17-5-7-18-6-4-16-12-18/h4,6,12-13H,2-3,5,7-11H2,1H3,(H,17,20). The topological polar surface area (TPSA) is 68.6 Å². The van der Waals surface area contributed by atoms with E-state index in [2.05, 4.69) is 10.3 Å². The van der Waals surface area contributed by atoms with Crippen LogP contribution in [0.5, 0.6) is 0 Å². The first-order chi connectivity index (χ1) is 10.7. The lowest BCUT2D eigenvalue weighted by molar-refractivity contribution is -0.188. The minimum atomic E-state index is -0.322. The van der Waals surface area contributed by atoms with E-state index in [0.29, 0.717) is 26.2 Å². The van der Waals surface area contributed by atoms with Gasteiger partial charge in [-0.1, -0.05) is 0 Å². The Hall–Kier alpha value is -1.60. The van der Waals surface area contributed by atoms with Gasteiger partial charge in [0.25, 0.3) is 0 Å². The Kier molecular flexibility index (Phi) is 4.63. The van der Waals surface area contributed by atoms with Gasteiger partial charge in [-0.15, -0.1) is 0 Å². The zero-order chi connectivity index (χ0) is 15.4. The van der Waals surface area contributed by atoms with E-state index in [4.69, 9.17) is 9.47 Å². The molecule has 0 aromatic carbocycles. The van der Waals surface area contributed by atoms with Crippen molar-refractivity contribution in [2.75, 3.05) is 32.8 Å². The fourth-order valence-corrected chi connectivity index (χ4v) is 3.25. The van der Waals surface area contributed by atoms with Crippen LogP contribution in [0.2, 0.25) is 0 Å². The van der Waals surface area contributed by atoms with Crippen LogP contribution < -0.4 is 5.32 Å². The van der Waals surface area contributed by atoms with Crippen LogP contribution in [0, 0.1) is 0 Å². The Morgan fingerprint density at radius 3 is 3.18 bits per heavy atom. The minimum absolute atomic E-state index is 0.0276. The molecule has 0 bridgehead atoms. The van der Waals surface area contributed by atoms with Crippen LogP contribution in [0.25, 0.3) is 0 Å². The molecule has 2 fully saturated rings. The molecule has 2 atom stereocenters. The molecular formula is C15H24N4O3. The van der Waals surface area contributed by atoms with E-state index in [1.807, 2.05) is 22.6 Å². The van der Waals surface area contributed by atoms with E-state index in [1.54, 1.807) is 12.5 Å². The van der Waals surface area contributed by atoms with Crippen LogP contribution in [0.1, 0.15) is 19.8 Å². The monoisotopic (exact) mass is 308 g/mol. The molecule has 1 spiro atoms. The zero-order valence-corrected chi connectivity index (χ0v) is 13.0. The first kappa shape index (κ1) is 15.3. The minimum Gasteiger partial charge on any atom is -0.378 e. The highest BCUT2D eigenvalue weighted by molar-refractivity contribution is 5.74. The number of carbonyl (C=O) groups excluding carboxylic acids is 1. The summed E-state index contributed by atoms with van der Waals surface area (Å²) >= 11 is 0. The second-order valence-electron chi connectivity index (χ2n) is 6.18. The summed E-state index contributed by atoms with van der Waals surface area (Å²) in [4.78, 5) is 18.2. The molecule has 0 radical (unpaired) electrons. The molecule has 2 saturated heterocycles. The molecule has 0 saturated carbocycles. The zero-order valence-electron chi connectivity index (χ0n) is 13.0. The summed E-state index contributed by atoms with van der Waals surface area (Å²) in [7, 11) is 0. The number of rotatable bonds is 3. The van der Waals surface area contributed by atoms with E-state index < -0.39 is 0 Å². The molecule has 1 aromatic rings. The maximum atomic E-state index is 12.4. The second-order valence-corrected chi connectivity index (χ2v) is 6.18. The number of nitrogens with zero attached hydrogens (tertiary/aromatic N) is 3. The van der Waals surface area contributed by atoms with Gasteiger partial charge in [-0.3, -0.25) is 0 Å². The number of carbonyl (C=O) groups is 1. The number of hydrogen-bond acceptors (Lipinski definition) is 4. The molecule has 1 aromatic heterocycles. The SMILES string of the molecule is CC1CN(C(=O)NCCn2ccnc2)CC2(CCCOC2)O1. The van der Waals surface area contributed by atoms with Crippen LogP contribution in [-0.4, -0.2) is 65.0 Å². The summed E-state index contributed by atoms with van der Waals surface area (Å²) in [6.07, 6.45) is 7.35. The van der Waals surface area contributed by atoms with Crippen molar-refractivity contribution in [1.82, 2.24) is 19.8 Å². The Balaban J connectivity index is 1.52. The molecule has 1 N–H and O–H groups in total. The molecular weight excluding hydrogens is 284 g/mol. The molecule has 3 heterocycles. The number of ether oxygens (including phenoxy) is 2. The van der Waals surface area contributed by atoms with E-state index in [9.17, 15) is 4.79 Å². The molecule has 7 heteroatoms. The second kappa shape index (κ2) is 6.66. The van der Waals surface area contributed by atoms with Crippen molar-refractivity contribution < 1.29 is 14.3 Å². The van der Waals surface area contributed by atoms with Crippen molar-refractivity contribution >= 4 is 6.03 Å². The van der Waals surface area contributed by atoms with Crippen molar-refractivity contribution in [3.8, 4) is 0 Å². The molecule has 0 aliphatic carbocycles. The first-order valence-corrected chi connectivity index (χ1v) is 7.91. The summed E-state index contributed by atoms with van der Waals surface area (Å²) < 4.78 is 13.6. The molecule has 2 aliphatic heterocycles. The van der Waals surface area contributed by atoms with Gasteiger partial charge >= 0.3 is 6.03 Å². The average Bonchev–Trinajstić information content (AvgIpc) is 3.00. The Morgan fingerprint density at radius 1 is 1.55 bits per heavy atom. The van der Waals surface area contributed by atoms with E-state index in [-0.39, 0.29) is 17.7 Å². The fourth-order valence-electron chi connectivity index (χ4n) is 3.25. The highest BCUT2D eigenvalue weighted by Crippen LogP contribution is 2.29. The van der Waals surface area contributed by atoms with Gasteiger partial charge in [0.1, 0.15) is 5.60 Å². The normalized spacial score (nSPS) is 28.8.